The van der Waals surface area contributed by atoms with Crippen LogP contribution in [0.5, 0.6) is 5.75 Å². The summed E-state index contributed by atoms with van der Waals surface area (Å²) in [6, 6.07) is 13.3. The van der Waals surface area contributed by atoms with Crippen LogP contribution in [0.3, 0.4) is 0 Å². The Morgan fingerprint density at radius 3 is 2.45 bits per heavy atom. The Kier molecular flexibility index (Phi) is 9.24. The Hall–Kier alpha value is -3.16. The number of pyridine rings is 1. The molecule has 2 amide bonds. The van der Waals surface area contributed by atoms with Crippen molar-refractivity contribution in [3.8, 4) is 5.75 Å². The molecule has 0 spiro atoms. The van der Waals surface area contributed by atoms with E-state index in [9.17, 15) is 9.59 Å². The highest BCUT2D eigenvalue weighted by atomic mass is 35.5. The summed E-state index contributed by atoms with van der Waals surface area (Å²) in [6.07, 6.45) is 7.87. The predicted octanol–water partition coefficient (Wildman–Crippen LogP) is 3.45. The lowest BCUT2D eigenvalue weighted by Gasteiger charge is -2.32. The minimum absolute atomic E-state index is 0. The highest BCUT2D eigenvalue weighted by molar-refractivity contribution is 5.92. The van der Waals surface area contributed by atoms with Crippen molar-refractivity contribution < 1.29 is 19.5 Å². The van der Waals surface area contributed by atoms with E-state index in [1.54, 1.807) is 31.4 Å². The zero-order chi connectivity index (χ0) is 21.3. The number of aromatic nitrogens is 1. The summed E-state index contributed by atoms with van der Waals surface area (Å²) < 4.78 is 5.22. The second kappa shape index (κ2) is 11.9. The molecule has 7 nitrogen and oxygen atoms in total. The number of piperidine rings is 1. The molecule has 1 aliphatic rings. The van der Waals surface area contributed by atoms with Crippen LogP contribution in [-0.4, -0.2) is 47.1 Å². The molecule has 8 heteroatoms. The van der Waals surface area contributed by atoms with Crippen molar-refractivity contribution in [3.63, 3.8) is 0 Å². The van der Waals surface area contributed by atoms with Gasteiger partial charge in [-0.05, 0) is 54.8 Å². The number of carbonyl (C=O) groups is 2. The van der Waals surface area contributed by atoms with Crippen molar-refractivity contribution >= 4 is 36.4 Å². The molecule has 164 valence electrons. The summed E-state index contributed by atoms with van der Waals surface area (Å²) in [7, 11) is 1.65. The molecule has 2 heterocycles. The normalized spacial score (nSPS) is 16.2. The quantitative estimate of drug-likeness (QED) is 0.405. The Morgan fingerprint density at radius 1 is 1.13 bits per heavy atom. The van der Waals surface area contributed by atoms with Gasteiger partial charge in [-0.25, -0.2) is 10.5 Å². The van der Waals surface area contributed by atoms with Gasteiger partial charge in [-0.15, -0.1) is 12.4 Å². The smallest absolute Gasteiger partial charge is 0.267 e. The van der Waals surface area contributed by atoms with E-state index < -0.39 is 5.91 Å². The fourth-order valence-electron chi connectivity index (χ4n) is 3.44. The van der Waals surface area contributed by atoms with Crippen LogP contribution >= 0.6 is 12.4 Å². The number of ether oxygens (including phenoxy) is 1. The van der Waals surface area contributed by atoms with Gasteiger partial charge in [-0.2, -0.15) is 0 Å². The number of nitrogens with one attached hydrogen (secondary N) is 1. The molecule has 0 aliphatic carbocycles. The number of rotatable bonds is 6. The van der Waals surface area contributed by atoms with E-state index in [1.165, 1.54) is 29.3 Å². The molecule has 2 N–H and O–H groups in total. The zero-order valence-electron chi connectivity index (χ0n) is 17.2. The average Bonchev–Trinajstić information content (AvgIpc) is 2.81. The molecule has 1 aromatic heterocycles. The first-order valence-electron chi connectivity index (χ1n) is 9.79. The monoisotopic (exact) mass is 443 g/mol. The highest BCUT2D eigenvalue weighted by Crippen LogP contribution is 2.28. The van der Waals surface area contributed by atoms with Gasteiger partial charge in [0.15, 0.2) is 0 Å². The van der Waals surface area contributed by atoms with Gasteiger partial charge >= 0.3 is 0 Å². The molecule has 0 bridgehead atoms. The van der Waals surface area contributed by atoms with Crippen molar-refractivity contribution in [2.45, 2.75) is 18.8 Å². The number of likely N-dealkylation sites (tertiary alicyclic amines) is 1. The van der Waals surface area contributed by atoms with Crippen LogP contribution in [0.1, 0.15) is 35.7 Å². The van der Waals surface area contributed by atoms with Gasteiger partial charge in [-0.3, -0.25) is 14.8 Å². The number of benzene rings is 1. The summed E-state index contributed by atoms with van der Waals surface area (Å²) in [4.78, 5) is 30.0. The molecular weight excluding hydrogens is 418 g/mol. The standard InChI is InChI=1S/C23H25N3O4.ClH/c1-30-21-11-7-17(8-12-21)18-4-3-15-26(16-18)23(28)14-10-20-6-2-5-19(24-20)9-13-22(27)25-29;/h2,5-14,18,29H,3-4,15-16H2,1H3,(H,25,27);1H/b13-9+,14-10+;. The second-order valence-corrected chi connectivity index (χ2v) is 7.03. The first-order chi connectivity index (χ1) is 14.6. The van der Waals surface area contributed by atoms with E-state index >= 15 is 0 Å². The number of methoxy groups -OCH3 is 1. The molecule has 1 saturated heterocycles. The van der Waals surface area contributed by atoms with Gasteiger partial charge in [0.2, 0.25) is 5.91 Å². The van der Waals surface area contributed by atoms with Crippen LogP contribution in [0, 0.1) is 0 Å². The van der Waals surface area contributed by atoms with Gasteiger partial charge in [-0.1, -0.05) is 18.2 Å². The number of halogens is 1. The highest BCUT2D eigenvalue weighted by Gasteiger charge is 2.23. The number of hydrogen-bond donors (Lipinski definition) is 2. The van der Waals surface area contributed by atoms with Crippen LogP contribution in [0.4, 0.5) is 0 Å². The lowest BCUT2D eigenvalue weighted by atomic mass is 9.90. The van der Waals surface area contributed by atoms with E-state index in [0.717, 1.165) is 25.1 Å². The fraction of sp³-hybridized carbons (Fsp3) is 0.261. The summed E-state index contributed by atoms with van der Waals surface area (Å²) in [5.41, 5.74) is 3.89. The molecule has 1 fully saturated rings. The molecule has 1 aliphatic heterocycles. The maximum absolute atomic E-state index is 12.7. The lowest BCUT2D eigenvalue weighted by Crippen LogP contribution is -2.38. The number of amides is 2. The molecule has 0 saturated carbocycles. The number of carbonyl (C=O) groups excluding carboxylic acids is 2. The Bertz CT molecular complexity index is 944. The van der Waals surface area contributed by atoms with Gasteiger partial charge < -0.3 is 9.64 Å². The number of hydroxylamine groups is 1. The van der Waals surface area contributed by atoms with Crippen molar-refractivity contribution in [1.29, 1.82) is 0 Å². The van der Waals surface area contributed by atoms with Gasteiger partial charge in [0.1, 0.15) is 5.75 Å². The number of hydrogen-bond acceptors (Lipinski definition) is 5. The Labute approximate surface area is 187 Å². The zero-order valence-corrected chi connectivity index (χ0v) is 18.0. The van der Waals surface area contributed by atoms with Crippen LogP contribution in [0.15, 0.2) is 54.6 Å². The van der Waals surface area contributed by atoms with Gasteiger partial charge in [0.05, 0.1) is 18.5 Å². The fourth-order valence-corrected chi connectivity index (χ4v) is 3.44. The maximum atomic E-state index is 12.7. The SMILES string of the molecule is COc1ccc(C2CCCN(C(=O)/C=C/c3cccc(/C=C/C(=O)NO)n3)C2)cc1.Cl. The molecule has 1 unspecified atom stereocenters. The molecule has 0 radical (unpaired) electrons. The lowest BCUT2D eigenvalue weighted by molar-refractivity contribution is -0.127. The second-order valence-electron chi connectivity index (χ2n) is 7.03. The molecule has 2 aromatic rings. The minimum atomic E-state index is -0.635. The topological polar surface area (TPSA) is 91.8 Å². The van der Waals surface area contributed by atoms with E-state index in [1.807, 2.05) is 17.0 Å². The third-order valence-corrected chi connectivity index (χ3v) is 5.02. The average molecular weight is 444 g/mol. The van der Waals surface area contributed by atoms with Gasteiger partial charge in [0, 0.05) is 31.2 Å². The summed E-state index contributed by atoms with van der Waals surface area (Å²) in [5, 5.41) is 8.52. The molecular formula is C23H26ClN3O4. The van der Waals surface area contributed by atoms with Crippen molar-refractivity contribution in [2.24, 2.45) is 0 Å². The predicted molar refractivity (Wildman–Crippen MR) is 121 cm³/mol. The van der Waals surface area contributed by atoms with Crippen LogP contribution in [-0.2, 0) is 9.59 Å². The third kappa shape index (κ3) is 6.94. The van der Waals surface area contributed by atoms with Crippen molar-refractivity contribution in [2.75, 3.05) is 20.2 Å². The van der Waals surface area contributed by atoms with E-state index in [2.05, 4.69) is 17.1 Å². The summed E-state index contributed by atoms with van der Waals surface area (Å²) in [6.45, 7) is 1.42. The summed E-state index contributed by atoms with van der Waals surface area (Å²) >= 11 is 0. The minimum Gasteiger partial charge on any atom is -0.497 e. The van der Waals surface area contributed by atoms with Crippen LogP contribution in [0.25, 0.3) is 12.2 Å². The van der Waals surface area contributed by atoms with E-state index in [-0.39, 0.29) is 18.3 Å². The largest absolute Gasteiger partial charge is 0.497 e. The van der Waals surface area contributed by atoms with E-state index in [0.29, 0.717) is 23.9 Å². The molecule has 3 rings (SSSR count). The Morgan fingerprint density at radius 2 is 1.81 bits per heavy atom. The third-order valence-electron chi connectivity index (χ3n) is 5.02. The van der Waals surface area contributed by atoms with Crippen molar-refractivity contribution in [3.05, 3.63) is 71.6 Å². The van der Waals surface area contributed by atoms with Crippen LogP contribution in [0.2, 0.25) is 0 Å². The Balaban J connectivity index is 0.00000341. The molecule has 1 atom stereocenters. The van der Waals surface area contributed by atoms with E-state index in [4.69, 9.17) is 9.94 Å². The molecule has 31 heavy (non-hydrogen) atoms. The maximum Gasteiger partial charge on any atom is 0.267 e. The first-order valence-corrected chi connectivity index (χ1v) is 9.79. The van der Waals surface area contributed by atoms with Gasteiger partial charge in [0.25, 0.3) is 5.91 Å². The van der Waals surface area contributed by atoms with Crippen LogP contribution < -0.4 is 10.2 Å². The molecule has 1 aromatic carbocycles. The summed E-state index contributed by atoms with van der Waals surface area (Å²) in [5.74, 6) is 0.457. The van der Waals surface area contributed by atoms with Crippen molar-refractivity contribution in [1.82, 2.24) is 15.4 Å². The number of nitrogens with zero attached hydrogens (tertiary/aromatic N) is 2. The first kappa shape index (κ1) is 24.1.